The lowest BCUT2D eigenvalue weighted by molar-refractivity contribution is -0.128. The highest BCUT2D eigenvalue weighted by Gasteiger charge is 2.24. The molecule has 0 fully saturated rings. The Bertz CT molecular complexity index is 858. The number of hydrogen-bond donors (Lipinski definition) is 2. The number of carbonyl (C=O) groups is 2. The molecule has 0 unspecified atom stereocenters. The predicted molar refractivity (Wildman–Crippen MR) is 116 cm³/mol. The van der Waals surface area contributed by atoms with Gasteiger partial charge in [-0.1, -0.05) is 50.6 Å². The Morgan fingerprint density at radius 1 is 0.929 bits per heavy atom. The minimum absolute atomic E-state index is 0.207. The van der Waals surface area contributed by atoms with Gasteiger partial charge >= 0.3 is 0 Å². The van der Waals surface area contributed by atoms with Crippen LogP contribution in [0.15, 0.2) is 54.2 Å². The van der Waals surface area contributed by atoms with E-state index in [0.717, 1.165) is 16.8 Å². The summed E-state index contributed by atoms with van der Waals surface area (Å²) in [6.07, 6.45) is 1.69. The summed E-state index contributed by atoms with van der Waals surface area (Å²) in [5.74, 6) is -0.583. The lowest BCUT2D eigenvalue weighted by Crippen LogP contribution is -2.38. The van der Waals surface area contributed by atoms with Crippen molar-refractivity contribution in [2.24, 2.45) is 5.41 Å². The molecule has 2 aromatic rings. The van der Waals surface area contributed by atoms with Gasteiger partial charge in [-0.2, -0.15) is 0 Å². The third-order valence-corrected chi connectivity index (χ3v) is 4.20. The zero-order valence-corrected chi connectivity index (χ0v) is 17.5. The molecule has 28 heavy (non-hydrogen) atoms. The maximum absolute atomic E-state index is 12.8. The normalized spacial score (nSPS) is 11.7. The maximum atomic E-state index is 12.8. The minimum Gasteiger partial charge on any atom is -0.378 e. The van der Waals surface area contributed by atoms with E-state index in [9.17, 15) is 9.59 Å². The van der Waals surface area contributed by atoms with Gasteiger partial charge in [0.25, 0.3) is 5.91 Å². The van der Waals surface area contributed by atoms with Gasteiger partial charge in [0, 0.05) is 30.9 Å². The van der Waals surface area contributed by atoms with E-state index in [2.05, 4.69) is 10.6 Å². The first kappa shape index (κ1) is 21.2. The Labute approximate surface area is 167 Å². The second-order valence-corrected chi connectivity index (χ2v) is 8.07. The molecular weight excluding hydrogens is 350 g/mol. The molecule has 0 spiro atoms. The highest BCUT2D eigenvalue weighted by molar-refractivity contribution is 6.09. The van der Waals surface area contributed by atoms with E-state index in [-0.39, 0.29) is 17.5 Å². The van der Waals surface area contributed by atoms with E-state index in [0.29, 0.717) is 5.69 Å². The highest BCUT2D eigenvalue weighted by Crippen LogP contribution is 2.18. The van der Waals surface area contributed by atoms with Crippen LogP contribution in [0.1, 0.15) is 31.9 Å². The van der Waals surface area contributed by atoms with Crippen LogP contribution in [-0.4, -0.2) is 25.9 Å². The first-order chi connectivity index (χ1) is 13.1. The summed E-state index contributed by atoms with van der Waals surface area (Å²) < 4.78 is 0. The van der Waals surface area contributed by atoms with Gasteiger partial charge in [-0.05, 0) is 42.8 Å². The molecule has 0 aliphatic carbocycles. The van der Waals surface area contributed by atoms with Crippen LogP contribution in [0, 0.1) is 12.3 Å². The molecule has 0 aromatic heterocycles. The van der Waals surface area contributed by atoms with Crippen LogP contribution >= 0.6 is 0 Å². The van der Waals surface area contributed by atoms with Gasteiger partial charge in [0.15, 0.2) is 0 Å². The monoisotopic (exact) mass is 379 g/mol. The van der Waals surface area contributed by atoms with Gasteiger partial charge < -0.3 is 15.5 Å². The summed E-state index contributed by atoms with van der Waals surface area (Å²) in [6, 6.07) is 15.3. The van der Waals surface area contributed by atoms with Crippen molar-refractivity contribution in [3.63, 3.8) is 0 Å². The number of benzene rings is 2. The third-order valence-electron chi connectivity index (χ3n) is 4.20. The molecular formula is C23H29N3O2. The number of nitrogens with one attached hydrogen (secondary N) is 2. The minimum atomic E-state index is -0.613. The fraction of sp³-hybridized carbons (Fsp3) is 0.304. The second-order valence-electron chi connectivity index (χ2n) is 8.07. The summed E-state index contributed by atoms with van der Waals surface area (Å²) in [7, 11) is 3.93. The summed E-state index contributed by atoms with van der Waals surface area (Å²) >= 11 is 0. The Hall–Kier alpha value is -3.08. The SMILES string of the molecule is Cc1ccc(NC(=O)/C(=C\c2ccc(N(C)C)cc2)NC(=O)C(C)(C)C)cc1. The smallest absolute Gasteiger partial charge is 0.272 e. The fourth-order valence-electron chi connectivity index (χ4n) is 2.34. The van der Waals surface area contributed by atoms with Crippen molar-refractivity contribution in [1.82, 2.24) is 5.32 Å². The Kier molecular flexibility index (Phi) is 6.62. The first-order valence-electron chi connectivity index (χ1n) is 9.25. The van der Waals surface area contributed by atoms with Crippen molar-refractivity contribution in [3.8, 4) is 0 Å². The molecule has 2 aromatic carbocycles. The fourth-order valence-corrected chi connectivity index (χ4v) is 2.34. The average molecular weight is 380 g/mol. The Morgan fingerprint density at radius 2 is 1.50 bits per heavy atom. The lowest BCUT2D eigenvalue weighted by Gasteiger charge is -2.19. The number of rotatable bonds is 5. The molecule has 2 N–H and O–H groups in total. The summed E-state index contributed by atoms with van der Waals surface area (Å²) in [4.78, 5) is 27.3. The van der Waals surface area contributed by atoms with E-state index < -0.39 is 5.41 Å². The van der Waals surface area contributed by atoms with Crippen LogP contribution < -0.4 is 15.5 Å². The molecule has 2 rings (SSSR count). The molecule has 0 aliphatic rings. The Morgan fingerprint density at radius 3 is 2.00 bits per heavy atom. The van der Waals surface area contributed by atoms with Gasteiger partial charge in [0.2, 0.25) is 5.91 Å². The van der Waals surface area contributed by atoms with Crippen LogP contribution in [0.4, 0.5) is 11.4 Å². The van der Waals surface area contributed by atoms with E-state index in [1.807, 2.05) is 95.2 Å². The van der Waals surface area contributed by atoms with Gasteiger partial charge in [0.1, 0.15) is 5.70 Å². The van der Waals surface area contributed by atoms with Crippen molar-refractivity contribution < 1.29 is 9.59 Å². The molecule has 0 bridgehead atoms. The number of nitrogens with zero attached hydrogens (tertiary/aromatic N) is 1. The quantitative estimate of drug-likeness (QED) is 0.765. The maximum Gasteiger partial charge on any atom is 0.272 e. The van der Waals surface area contributed by atoms with Gasteiger partial charge in [-0.15, -0.1) is 0 Å². The molecule has 0 heterocycles. The third kappa shape index (κ3) is 5.98. The second kappa shape index (κ2) is 8.74. The molecule has 0 aliphatic heterocycles. The van der Waals surface area contributed by atoms with Crippen LogP contribution in [0.5, 0.6) is 0 Å². The van der Waals surface area contributed by atoms with Crippen molar-refractivity contribution in [2.45, 2.75) is 27.7 Å². The number of aryl methyl sites for hydroxylation is 1. The van der Waals surface area contributed by atoms with E-state index in [1.54, 1.807) is 6.08 Å². The van der Waals surface area contributed by atoms with Crippen LogP contribution in [-0.2, 0) is 9.59 Å². The number of carbonyl (C=O) groups excluding carboxylic acids is 2. The molecule has 0 atom stereocenters. The van der Waals surface area contributed by atoms with Gasteiger partial charge in [-0.25, -0.2) is 0 Å². The van der Waals surface area contributed by atoms with Crippen LogP contribution in [0.3, 0.4) is 0 Å². The molecule has 148 valence electrons. The highest BCUT2D eigenvalue weighted by atomic mass is 16.2. The lowest BCUT2D eigenvalue weighted by atomic mass is 9.95. The van der Waals surface area contributed by atoms with E-state index in [1.165, 1.54) is 0 Å². The topological polar surface area (TPSA) is 61.4 Å². The standard InChI is InChI=1S/C23H29N3O2/c1-16-7-11-18(12-8-16)24-21(27)20(25-22(28)23(2,3)4)15-17-9-13-19(14-10-17)26(5)6/h7-15H,1-6H3,(H,24,27)(H,25,28)/b20-15+. The Balaban J connectivity index is 2.30. The summed E-state index contributed by atoms with van der Waals surface area (Å²) in [5, 5.41) is 5.62. The molecule has 5 heteroatoms. The van der Waals surface area contributed by atoms with E-state index >= 15 is 0 Å². The zero-order chi connectivity index (χ0) is 20.9. The van der Waals surface area contributed by atoms with Crippen molar-refractivity contribution >= 4 is 29.3 Å². The molecule has 2 amide bonds. The van der Waals surface area contributed by atoms with Gasteiger partial charge in [0.05, 0.1) is 0 Å². The molecule has 0 saturated carbocycles. The molecule has 0 saturated heterocycles. The number of amides is 2. The van der Waals surface area contributed by atoms with Crippen LogP contribution in [0.25, 0.3) is 6.08 Å². The average Bonchev–Trinajstić information content (AvgIpc) is 2.62. The van der Waals surface area contributed by atoms with Crippen molar-refractivity contribution in [1.29, 1.82) is 0 Å². The van der Waals surface area contributed by atoms with Crippen molar-refractivity contribution in [3.05, 3.63) is 65.4 Å². The number of hydrogen-bond acceptors (Lipinski definition) is 3. The van der Waals surface area contributed by atoms with Crippen LogP contribution in [0.2, 0.25) is 0 Å². The van der Waals surface area contributed by atoms with E-state index in [4.69, 9.17) is 0 Å². The van der Waals surface area contributed by atoms with Gasteiger partial charge in [-0.3, -0.25) is 9.59 Å². The van der Waals surface area contributed by atoms with Crippen molar-refractivity contribution in [2.75, 3.05) is 24.3 Å². The molecule has 5 nitrogen and oxygen atoms in total. The zero-order valence-electron chi connectivity index (χ0n) is 17.5. The molecule has 0 radical (unpaired) electrons. The predicted octanol–water partition coefficient (Wildman–Crippen LogP) is 4.20. The first-order valence-corrected chi connectivity index (χ1v) is 9.25. The summed E-state index contributed by atoms with van der Waals surface area (Å²) in [5.41, 5.74) is 3.26. The largest absolute Gasteiger partial charge is 0.378 e. The number of anilines is 2. The summed E-state index contributed by atoms with van der Waals surface area (Å²) in [6.45, 7) is 7.41.